The smallest absolute Gasteiger partial charge is 0.359 e. The first-order valence-electron chi connectivity index (χ1n) is 7.68. The van der Waals surface area contributed by atoms with E-state index >= 15 is 0 Å². The molecule has 1 heterocycles. The number of carbonyl (C=O) groups is 2. The van der Waals surface area contributed by atoms with Gasteiger partial charge in [-0.1, -0.05) is 12.1 Å². The fourth-order valence-corrected chi connectivity index (χ4v) is 2.83. The van der Waals surface area contributed by atoms with Gasteiger partial charge in [0, 0.05) is 19.2 Å². The number of benzene rings is 1. The molecular weight excluding hydrogens is 388 g/mol. The van der Waals surface area contributed by atoms with E-state index in [9.17, 15) is 9.59 Å². The Hall–Kier alpha value is -2.19. The molecule has 8 heteroatoms. The molecule has 0 radical (unpaired) electrons. The molecule has 1 aromatic carbocycles. The van der Waals surface area contributed by atoms with Crippen molar-refractivity contribution >= 4 is 27.8 Å². The van der Waals surface area contributed by atoms with Gasteiger partial charge in [0.25, 0.3) is 5.91 Å². The first-order chi connectivity index (χ1) is 11.9. The first kappa shape index (κ1) is 19.1. The van der Waals surface area contributed by atoms with E-state index < -0.39 is 5.97 Å². The molecule has 0 fully saturated rings. The van der Waals surface area contributed by atoms with Gasteiger partial charge in [-0.3, -0.25) is 14.4 Å². The number of halogens is 1. The quantitative estimate of drug-likeness (QED) is 0.741. The number of aromatic nitrogens is 2. The summed E-state index contributed by atoms with van der Waals surface area (Å²) in [4.78, 5) is 25.3. The van der Waals surface area contributed by atoms with Crippen LogP contribution in [0.3, 0.4) is 0 Å². The van der Waals surface area contributed by atoms with Crippen molar-refractivity contribution in [2.45, 2.75) is 20.1 Å². The number of esters is 1. The minimum atomic E-state index is -0.471. The molecule has 2 rings (SSSR count). The van der Waals surface area contributed by atoms with Gasteiger partial charge in [-0.15, -0.1) is 0 Å². The minimum Gasteiger partial charge on any atom is -0.464 e. The standard InChI is InChI=1S/C17H21BrN4O3/c1-11-14(18)15(17(24)25-4)20-22(11)10-21(3)9-12-5-7-13(8-6-12)16(23)19-2/h5-8H,9-10H2,1-4H3,(H,19,23). The third kappa shape index (κ3) is 4.46. The van der Waals surface area contributed by atoms with Crippen LogP contribution in [0.2, 0.25) is 0 Å². The van der Waals surface area contributed by atoms with Gasteiger partial charge in [0.05, 0.1) is 23.9 Å². The highest BCUT2D eigenvalue weighted by Gasteiger charge is 2.20. The number of hydrogen-bond donors (Lipinski definition) is 1. The molecule has 0 bridgehead atoms. The zero-order valence-electron chi connectivity index (χ0n) is 14.7. The van der Waals surface area contributed by atoms with Crippen molar-refractivity contribution in [2.24, 2.45) is 0 Å². The van der Waals surface area contributed by atoms with E-state index in [4.69, 9.17) is 4.74 Å². The zero-order valence-corrected chi connectivity index (χ0v) is 16.3. The molecule has 0 aliphatic rings. The van der Waals surface area contributed by atoms with E-state index in [1.165, 1.54) is 7.11 Å². The van der Waals surface area contributed by atoms with Crippen molar-refractivity contribution < 1.29 is 14.3 Å². The third-order valence-corrected chi connectivity index (χ3v) is 4.73. The van der Waals surface area contributed by atoms with Gasteiger partial charge in [-0.25, -0.2) is 4.79 Å². The monoisotopic (exact) mass is 408 g/mol. The summed E-state index contributed by atoms with van der Waals surface area (Å²) < 4.78 is 7.12. The molecule has 1 aromatic heterocycles. The van der Waals surface area contributed by atoms with Crippen molar-refractivity contribution in [1.82, 2.24) is 20.0 Å². The normalized spacial score (nSPS) is 10.8. The Bertz CT molecular complexity index is 771. The molecular formula is C17H21BrN4O3. The highest BCUT2D eigenvalue weighted by molar-refractivity contribution is 9.10. The lowest BCUT2D eigenvalue weighted by molar-refractivity contribution is 0.0591. The number of nitrogens with one attached hydrogen (secondary N) is 1. The Labute approximate surface area is 155 Å². The summed E-state index contributed by atoms with van der Waals surface area (Å²) in [6.45, 7) is 3.08. The summed E-state index contributed by atoms with van der Waals surface area (Å²) in [6, 6.07) is 7.44. The summed E-state index contributed by atoms with van der Waals surface area (Å²) in [5.41, 5.74) is 2.82. The summed E-state index contributed by atoms with van der Waals surface area (Å²) >= 11 is 3.39. The lowest BCUT2D eigenvalue weighted by Gasteiger charge is -2.18. The SMILES string of the molecule is CNC(=O)c1ccc(CN(C)Cn2nc(C(=O)OC)c(Br)c2C)cc1. The van der Waals surface area contributed by atoms with E-state index in [-0.39, 0.29) is 11.6 Å². The Morgan fingerprint density at radius 2 is 1.96 bits per heavy atom. The van der Waals surface area contributed by atoms with Crippen LogP contribution in [0.4, 0.5) is 0 Å². The predicted molar refractivity (Wildman–Crippen MR) is 97.3 cm³/mol. The molecule has 0 unspecified atom stereocenters. The van der Waals surface area contributed by atoms with Crippen molar-refractivity contribution in [2.75, 3.05) is 21.2 Å². The molecule has 1 amide bonds. The van der Waals surface area contributed by atoms with Gasteiger partial charge in [0.15, 0.2) is 5.69 Å². The highest BCUT2D eigenvalue weighted by atomic mass is 79.9. The highest BCUT2D eigenvalue weighted by Crippen LogP contribution is 2.22. The second-order valence-corrected chi connectivity index (χ2v) is 6.46. The van der Waals surface area contributed by atoms with E-state index in [1.807, 2.05) is 26.1 Å². The van der Waals surface area contributed by atoms with E-state index in [0.717, 1.165) is 11.3 Å². The Kier molecular flexibility index (Phi) is 6.33. The zero-order chi connectivity index (χ0) is 18.6. The largest absolute Gasteiger partial charge is 0.464 e. The lowest BCUT2D eigenvalue weighted by Crippen LogP contribution is -2.23. The third-order valence-electron chi connectivity index (χ3n) is 3.78. The number of nitrogens with zero attached hydrogens (tertiary/aromatic N) is 3. The van der Waals surface area contributed by atoms with Crippen molar-refractivity contribution in [3.8, 4) is 0 Å². The van der Waals surface area contributed by atoms with E-state index in [2.05, 4.69) is 31.2 Å². The maximum absolute atomic E-state index is 11.7. The van der Waals surface area contributed by atoms with Crippen molar-refractivity contribution in [3.63, 3.8) is 0 Å². The average Bonchev–Trinajstić information content (AvgIpc) is 2.89. The number of carbonyl (C=O) groups excluding carboxylic acids is 2. The minimum absolute atomic E-state index is 0.104. The summed E-state index contributed by atoms with van der Waals surface area (Å²) in [7, 11) is 4.90. The van der Waals surface area contributed by atoms with Gasteiger partial charge in [0.2, 0.25) is 0 Å². The maximum Gasteiger partial charge on any atom is 0.359 e. The number of rotatable bonds is 6. The van der Waals surface area contributed by atoms with Crippen LogP contribution in [-0.2, 0) is 18.0 Å². The van der Waals surface area contributed by atoms with Gasteiger partial charge >= 0.3 is 5.97 Å². The predicted octanol–water partition coefficient (Wildman–Crippen LogP) is 2.19. The first-order valence-corrected chi connectivity index (χ1v) is 8.47. The van der Waals surface area contributed by atoms with Gasteiger partial charge in [0.1, 0.15) is 0 Å². The summed E-state index contributed by atoms with van der Waals surface area (Å²) in [5, 5.41) is 6.91. The number of hydrogen-bond acceptors (Lipinski definition) is 5. The van der Waals surface area contributed by atoms with Crippen molar-refractivity contribution in [1.29, 1.82) is 0 Å². The molecule has 25 heavy (non-hydrogen) atoms. The fourth-order valence-electron chi connectivity index (χ4n) is 2.39. The van der Waals surface area contributed by atoms with Crippen LogP contribution in [0.5, 0.6) is 0 Å². The number of methoxy groups -OCH3 is 1. The molecule has 1 N–H and O–H groups in total. The molecule has 134 valence electrons. The second-order valence-electron chi connectivity index (χ2n) is 5.67. The average molecular weight is 409 g/mol. The van der Waals surface area contributed by atoms with Gasteiger partial charge in [-0.05, 0) is 47.6 Å². The molecule has 0 spiro atoms. The Balaban J connectivity index is 2.06. The Morgan fingerprint density at radius 3 is 2.52 bits per heavy atom. The Morgan fingerprint density at radius 1 is 1.32 bits per heavy atom. The van der Waals surface area contributed by atoms with Crippen LogP contribution in [0, 0.1) is 6.92 Å². The van der Waals surface area contributed by atoms with Crippen LogP contribution >= 0.6 is 15.9 Å². The van der Waals surface area contributed by atoms with Crippen LogP contribution in [0.25, 0.3) is 0 Å². The van der Waals surface area contributed by atoms with Gasteiger partial charge in [-0.2, -0.15) is 5.10 Å². The molecule has 0 saturated carbocycles. The summed E-state index contributed by atoms with van der Waals surface area (Å²) in [6.07, 6.45) is 0. The van der Waals surface area contributed by atoms with Crippen LogP contribution < -0.4 is 5.32 Å². The second kappa shape index (κ2) is 8.26. The van der Waals surface area contributed by atoms with E-state index in [0.29, 0.717) is 23.2 Å². The maximum atomic E-state index is 11.7. The molecule has 0 aliphatic carbocycles. The molecule has 2 aromatic rings. The number of ether oxygens (including phenoxy) is 1. The molecule has 0 aliphatic heterocycles. The fraction of sp³-hybridized carbons (Fsp3) is 0.353. The summed E-state index contributed by atoms with van der Waals surface area (Å²) in [5.74, 6) is -0.576. The molecule has 0 saturated heterocycles. The van der Waals surface area contributed by atoms with Crippen molar-refractivity contribution in [3.05, 3.63) is 51.3 Å². The van der Waals surface area contributed by atoms with Crippen LogP contribution in [-0.4, -0.2) is 47.8 Å². The van der Waals surface area contributed by atoms with Gasteiger partial charge < -0.3 is 10.1 Å². The lowest BCUT2D eigenvalue weighted by atomic mass is 10.1. The topological polar surface area (TPSA) is 76.5 Å². The van der Waals surface area contributed by atoms with E-state index in [1.54, 1.807) is 23.9 Å². The van der Waals surface area contributed by atoms with Crippen LogP contribution in [0.15, 0.2) is 28.7 Å². The molecule has 0 atom stereocenters. The van der Waals surface area contributed by atoms with Crippen LogP contribution in [0.1, 0.15) is 32.1 Å². The molecule has 7 nitrogen and oxygen atoms in total. The number of amides is 1.